The fourth-order valence-corrected chi connectivity index (χ4v) is 3.67. The maximum Gasteiger partial charge on any atom is 0.333 e. The van der Waals surface area contributed by atoms with Crippen molar-refractivity contribution < 1.29 is 9.72 Å². The number of amides is 1. The zero-order valence-electron chi connectivity index (χ0n) is 18.6. The van der Waals surface area contributed by atoms with Gasteiger partial charge in [-0.05, 0) is 24.5 Å². The van der Waals surface area contributed by atoms with Gasteiger partial charge in [0.25, 0.3) is 11.2 Å². The minimum Gasteiger partial charge on any atom is -0.325 e. The van der Waals surface area contributed by atoms with Gasteiger partial charge in [-0.2, -0.15) is 0 Å². The Labute approximate surface area is 193 Å². The van der Waals surface area contributed by atoms with E-state index in [0.29, 0.717) is 18.7 Å². The lowest BCUT2D eigenvalue weighted by Gasteiger charge is -2.14. The molecule has 1 amide bonds. The molecule has 2 heterocycles. The quantitative estimate of drug-likeness (QED) is 0.372. The van der Waals surface area contributed by atoms with Crippen LogP contribution in [0.3, 0.4) is 0 Å². The van der Waals surface area contributed by atoms with E-state index in [-0.39, 0.29) is 27.8 Å². The Morgan fingerprint density at radius 1 is 1.27 bits per heavy atom. The van der Waals surface area contributed by atoms with Crippen LogP contribution in [0.5, 0.6) is 0 Å². The first-order chi connectivity index (χ1) is 15.6. The maximum atomic E-state index is 13.2. The van der Waals surface area contributed by atoms with Crippen molar-refractivity contribution in [3.63, 3.8) is 0 Å². The number of anilines is 1. The Hall–Kier alpha value is -3.47. The second-order valence-electron chi connectivity index (χ2n) is 8.11. The van der Waals surface area contributed by atoms with Gasteiger partial charge in [-0.15, -0.1) is 0 Å². The molecular weight excluding hydrogens is 452 g/mol. The third kappa shape index (κ3) is 5.14. The van der Waals surface area contributed by atoms with Crippen molar-refractivity contribution in [2.24, 2.45) is 5.92 Å². The number of imidazole rings is 1. The molecule has 0 saturated heterocycles. The number of aromatic nitrogens is 4. The molecule has 0 spiro atoms. The van der Waals surface area contributed by atoms with Gasteiger partial charge in [0.1, 0.15) is 11.6 Å². The fourth-order valence-electron chi connectivity index (χ4n) is 3.48. The smallest absolute Gasteiger partial charge is 0.325 e. The summed E-state index contributed by atoms with van der Waals surface area (Å²) in [7, 11) is 0. The number of nitrogens with zero attached hydrogens (tertiary/aromatic N) is 5. The van der Waals surface area contributed by atoms with Crippen molar-refractivity contribution in [2.45, 2.75) is 53.2 Å². The molecule has 0 aliphatic rings. The topological polar surface area (TPSA) is 134 Å². The Balaban J connectivity index is 2.02. The summed E-state index contributed by atoms with van der Waals surface area (Å²) in [6, 6.07) is 3.80. The third-order valence-corrected chi connectivity index (χ3v) is 5.33. The lowest BCUT2D eigenvalue weighted by molar-refractivity contribution is -0.384. The average Bonchev–Trinajstić information content (AvgIpc) is 3.17. The van der Waals surface area contributed by atoms with E-state index >= 15 is 0 Å². The van der Waals surface area contributed by atoms with E-state index in [1.54, 1.807) is 4.57 Å². The Morgan fingerprint density at radius 3 is 2.64 bits per heavy atom. The number of nitrogens with one attached hydrogen (secondary N) is 1. The molecule has 1 aromatic carbocycles. The number of hydrogen-bond acceptors (Lipinski definition) is 6. The first-order valence-corrected chi connectivity index (χ1v) is 10.9. The first-order valence-electron chi connectivity index (χ1n) is 10.6. The number of carbonyl (C=O) groups excluding carboxylic acids is 1. The van der Waals surface area contributed by atoms with Crippen LogP contribution in [0.4, 0.5) is 11.4 Å². The molecule has 176 valence electrons. The zero-order chi connectivity index (χ0) is 24.3. The number of hydrogen-bond donors (Lipinski definition) is 1. The van der Waals surface area contributed by atoms with Crippen molar-refractivity contribution >= 4 is 40.0 Å². The lowest BCUT2D eigenvalue weighted by atomic mass is 10.2. The maximum absolute atomic E-state index is 13.2. The standard InChI is InChI=1S/C21H25ClN6O5/c1-4-5-8-25-12-23-19-18(25)20(30)27(21(31)26(19)10-13(2)3)11-17(29)24-14-6-7-15(22)16(9-14)28(32)33/h6-7,9,12-13H,4-5,8,10-11H2,1-3H3,(H,24,29). The number of fused-ring (bicyclic) bond motifs is 1. The number of aryl methyl sites for hydroxylation is 1. The Kier molecular flexibility index (Phi) is 7.32. The fraction of sp³-hybridized carbons (Fsp3) is 0.429. The van der Waals surface area contributed by atoms with E-state index in [0.717, 1.165) is 23.5 Å². The molecule has 12 heteroatoms. The molecule has 3 rings (SSSR count). The van der Waals surface area contributed by atoms with E-state index in [9.17, 15) is 24.5 Å². The van der Waals surface area contributed by atoms with E-state index < -0.39 is 28.6 Å². The molecule has 0 atom stereocenters. The van der Waals surface area contributed by atoms with Gasteiger partial charge < -0.3 is 9.88 Å². The second-order valence-corrected chi connectivity index (χ2v) is 8.52. The van der Waals surface area contributed by atoms with Crippen molar-refractivity contribution in [1.82, 2.24) is 18.7 Å². The number of nitro groups is 1. The average molecular weight is 477 g/mol. The molecule has 1 N–H and O–H groups in total. The monoisotopic (exact) mass is 476 g/mol. The van der Waals surface area contributed by atoms with Crippen LogP contribution >= 0.6 is 11.6 Å². The predicted octanol–water partition coefficient (Wildman–Crippen LogP) is 3.02. The molecule has 0 saturated carbocycles. The lowest BCUT2D eigenvalue weighted by Crippen LogP contribution is -2.43. The van der Waals surface area contributed by atoms with Gasteiger partial charge in [0.05, 0.1) is 11.3 Å². The van der Waals surface area contributed by atoms with E-state index in [1.165, 1.54) is 23.0 Å². The highest BCUT2D eigenvalue weighted by Crippen LogP contribution is 2.27. The predicted molar refractivity (Wildman–Crippen MR) is 125 cm³/mol. The summed E-state index contributed by atoms with van der Waals surface area (Å²) in [5, 5.41) is 13.5. The Bertz CT molecular complexity index is 1320. The van der Waals surface area contributed by atoms with Crippen LogP contribution in [0.15, 0.2) is 34.1 Å². The molecule has 33 heavy (non-hydrogen) atoms. The summed E-state index contributed by atoms with van der Waals surface area (Å²) in [5.41, 5.74) is -0.939. The highest BCUT2D eigenvalue weighted by molar-refractivity contribution is 6.32. The summed E-state index contributed by atoms with van der Waals surface area (Å²) in [5.74, 6) is -0.582. The van der Waals surface area contributed by atoms with Crippen LogP contribution in [-0.2, 0) is 24.4 Å². The van der Waals surface area contributed by atoms with E-state index in [4.69, 9.17) is 11.6 Å². The number of rotatable bonds is 9. The normalized spacial score (nSPS) is 11.3. The summed E-state index contributed by atoms with van der Waals surface area (Å²) < 4.78 is 3.98. The molecule has 11 nitrogen and oxygen atoms in total. The largest absolute Gasteiger partial charge is 0.333 e. The van der Waals surface area contributed by atoms with Crippen molar-refractivity contribution in [3.8, 4) is 0 Å². The SMILES string of the molecule is CCCCn1cnc2c1c(=O)n(CC(=O)Nc1ccc(Cl)c([N+](=O)[O-])c1)c(=O)n2CC(C)C. The van der Waals surface area contributed by atoms with Crippen molar-refractivity contribution in [3.05, 3.63) is 60.5 Å². The zero-order valence-corrected chi connectivity index (χ0v) is 19.3. The van der Waals surface area contributed by atoms with Crippen LogP contribution in [-0.4, -0.2) is 29.5 Å². The number of unbranched alkanes of at least 4 members (excludes halogenated alkanes) is 1. The van der Waals surface area contributed by atoms with Gasteiger partial charge in [-0.1, -0.05) is 38.8 Å². The van der Waals surface area contributed by atoms with Gasteiger partial charge in [0.15, 0.2) is 11.2 Å². The second kappa shape index (κ2) is 9.99. The minimum absolute atomic E-state index is 0.0726. The molecule has 0 fully saturated rings. The van der Waals surface area contributed by atoms with Gasteiger partial charge in [-0.3, -0.25) is 24.3 Å². The van der Waals surface area contributed by atoms with Crippen molar-refractivity contribution in [1.29, 1.82) is 0 Å². The van der Waals surface area contributed by atoms with E-state index in [2.05, 4.69) is 10.3 Å². The van der Waals surface area contributed by atoms with Gasteiger partial charge in [0.2, 0.25) is 5.91 Å². The number of halogens is 1. The van der Waals surface area contributed by atoms with Crippen molar-refractivity contribution in [2.75, 3.05) is 5.32 Å². The number of carbonyl (C=O) groups is 1. The highest BCUT2D eigenvalue weighted by atomic mass is 35.5. The summed E-state index contributed by atoms with van der Waals surface area (Å²) >= 11 is 5.80. The molecule has 3 aromatic rings. The molecular formula is C21H25ClN6O5. The van der Waals surface area contributed by atoms with Crippen LogP contribution in [0.25, 0.3) is 11.2 Å². The minimum atomic E-state index is -0.680. The first kappa shape index (κ1) is 24.2. The van der Waals surface area contributed by atoms with Crippen LogP contribution in [0.1, 0.15) is 33.6 Å². The molecule has 0 aliphatic heterocycles. The van der Waals surface area contributed by atoms with Gasteiger partial charge in [-0.25, -0.2) is 14.3 Å². The number of nitro benzene ring substituents is 1. The van der Waals surface area contributed by atoms with E-state index in [1.807, 2.05) is 20.8 Å². The summed E-state index contributed by atoms with van der Waals surface area (Å²) in [4.78, 5) is 53.7. The Morgan fingerprint density at radius 2 is 2.00 bits per heavy atom. The summed E-state index contributed by atoms with van der Waals surface area (Å²) in [6.07, 6.45) is 3.27. The molecule has 0 unspecified atom stereocenters. The van der Waals surface area contributed by atoms with Crippen LogP contribution in [0.2, 0.25) is 5.02 Å². The molecule has 0 radical (unpaired) electrons. The van der Waals surface area contributed by atoms with Gasteiger partial charge in [0, 0.05) is 24.8 Å². The molecule has 2 aromatic heterocycles. The van der Waals surface area contributed by atoms with Crippen LogP contribution < -0.4 is 16.6 Å². The van der Waals surface area contributed by atoms with Crippen LogP contribution in [0, 0.1) is 16.0 Å². The van der Waals surface area contributed by atoms with Gasteiger partial charge >= 0.3 is 5.69 Å². The number of benzene rings is 1. The highest BCUT2D eigenvalue weighted by Gasteiger charge is 2.21. The summed E-state index contributed by atoms with van der Waals surface area (Å²) in [6.45, 7) is 6.22. The third-order valence-electron chi connectivity index (χ3n) is 5.01. The molecule has 0 bridgehead atoms. The molecule has 0 aliphatic carbocycles.